The summed E-state index contributed by atoms with van der Waals surface area (Å²) < 4.78 is 24.8. The van der Waals surface area contributed by atoms with Gasteiger partial charge in [0, 0.05) is 33.2 Å². The lowest BCUT2D eigenvalue weighted by molar-refractivity contribution is 0.0169. The highest BCUT2D eigenvalue weighted by molar-refractivity contribution is 5.79. The summed E-state index contributed by atoms with van der Waals surface area (Å²) in [4.78, 5) is 6.68. The van der Waals surface area contributed by atoms with Crippen molar-refractivity contribution in [3.63, 3.8) is 0 Å². The number of aliphatic imine (C=N–C) groups is 1. The number of morpholine rings is 1. The van der Waals surface area contributed by atoms with Gasteiger partial charge in [0.15, 0.2) is 5.96 Å². The minimum Gasteiger partial charge on any atom is -0.496 e. The molecule has 6 nitrogen and oxygen atoms in total. The van der Waals surface area contributed by atoms with Crippen LogP contribution in [0.25, 0.3) is 0 Å². The molecule has 0 amide bonds. The van der Waals surface area contributed by atoms with Crippen molar-refractivity contribution in [2.75, 3.05) is 53.6 Å². The van der Waals surface area contributed by atoms with E-state index in [1.165, 1.54) is 11.6 Å². The van der Waals surface area contributed by atoms with Gasteiger partial charge in [-0.3, -0.25) is 9.89 Å². The Balaban J connectivity index is 1.59. The van der Waals surface area contributed by atoms with Gasteiger partial charge in [0.1, 0.15) is 11.6 Å². The van der Waals surface area contributed by atoms with E-state index in [1.807, 2.05) is 12.1 Å². The lowest BCUT2D eigenvalue weighted by Gasteiger charge is -2.35. The summed E-state index contributed by atoms with van der Waals surface area (Å²) in [5.74, 6) is 1.40. The second-order valence-electron chi connectivity index (χ2n) is 7.66. The van der Waals surface area contributed by atoms with Gasteiger partial charge in [-0.2, -0.15) is 0 Å². The third-order valence-electron chi connectivity index (χ3n) is 5.53. The zero-order valence-corrected chi connectivity index (χ0v) is 18.7. The highest BCUT2D eigenvalue weighted by Crippen LogP contribution is 2.22. The maximum Gasteiger partial charge on any atom is 0.191 e. The zero-order chi connectivity index (χ0) is 22.1. The average molecular weight is 429 g/mol. The standard InChI is InChI=1S/C24H33FN4O2/c1-18-7-8-23(30-3)20(15-18)9-10-27-24(26-2)28-17-22(29-11-13-31-14-12-29)19-5-4-6-21(25)16-19/h4-8,15-16,22H,9-14,17H2,1-3H3,(H2,26,27,28). The van der Waals surface area contributed by atoms with Gasteiger partial charge >= 0.3 is 0 Å². The topological polar surface area (TPSA) is 58.1 Å². The second kappa shape index (κ2) is 11.7. The first-order valence-electron chi connectivity index (χ1n) is 10.8. The number of aryl methyl sites for hydroxylation is 1. The SMILES string of the molecule is CN=C(NCCc1cc(C)ccc1OC)NCC(c1cccc(F)c1)N1CCOCC1. The maximum atomic E-state index is 13.9. The molecule has 0 spiro atoms. The summed E-state index contributed by atoms with van der Waals surface area (Å²) in [6.07, 6.45) is 0.822. The number of hydrogen-bond acceptors (Lipinski definition) is 4. The third-order valence-corrected chi connectivity index (χ3v) is 5.53. The second-order valence-corrected chi connectivity index (χ2v) is 7.66. The van der Waals surface area contributed by atoms with E-state index in [1.54, 1.807) is 26.3 Å². The van der Waals surface area contributed by atoms with E-state index in [0.717, 1.165) is 48.9 Å². The van der Waals surface area contributed by atoms with Gasteiger partial charge in [0.25, 0.3) is 0 Å². The molecule has 168 valence electrons. The molecule has 0 bridgehead atoms. The van der Waals surface area contributed by atoms with E-state index in [4.69, 9.17) is 9.47 Å². The summed E-state index contributed by atoms with van der Waals surface area (Å²) in [6, 6.07) is 13.1. The van der Waals surface area contributed by atoms with E-state index in [0.29, 0.717) is 19.8 Å². The van der Waals surface area contributed by atoms with Crippen LogP contribution in [0.15, 0.2) is 47.5 Å². The largest absolute Gasteiger partial charge is 0.496 e. The average Bonchev–Trinajstić information content (AvgIpc) is 2.79. The van der Waals surface area contributed by atoms with E-state index in [2.05, 4.69) is 39.6 Å². The van der Waals surface area contributed by atoms with Crippen LogP contribution in [0.5, 0.6) is 5.75 Å². The minimum absolute atomic E-state index is 0.0371. The van der Waals surface area contributed by atoms with Gasteiger partial charge in [-0.05, 0) is 42.7 Å². The molecule has 1 atom stereocenters. The maximum absolute atomic E-state index is 13.9. The molecule has 31 heavy (non-hydrogen) atoms. The van der Waals surface area contributed by atoms with Crippen molar-refractivity contribution in [3.05, 3.63) is 65.0 Å². The Kier molecular flexibility index (Phi) is 8.67. The Hall–Kier alpha value is -2.64. The fraction of sp³-hybridized carbons (Fsp3) is 0.458. The van der Waals surface area contributed by atoms with Gasteiger partial charge in [0.05, 0.1) is 26.4 Å². The summed E-state index contributed by atoms with van der Waals surface area (Å²) in [6.45, 7) is 6.45. The quantitative estimate of drug-likeness (QED) is 0.500. The summed E-state index contributed by atoms with van der Waals surface area (Å²) >= 11 is 0. The first-order valence-corrected chi connectivity index (χ1v) is 10.8. The number of rotatable bonds is 8. The predicted molar refractivity (Wildman–Crippen MR) is 122 cm³/mol. The van der Waals surface area contributed by atoms with Crippen molar-refractivity contribution in [2.24, 2.45) is 4.99 Å². The number of guanidine groups is 1. The van der Waals surface area contributed by atoms with Gasteiger partial charge in [-0.15, -0.1) is 0 Å². The first kappa shape index (κ1) is 23.0. The van der Waals surface area contributed by atoms with Crippen molar-refractivity contribution in [3.8, 4) is 5.75 Å². The first-order chi connectivity index (χ1) is 15.1. The lowest BCUT2D eigenvalue weighted by Crippen LogP contribution is -2.46. The highest BCUT2D eigenvalue weighted by Gasteiger charge is 2.23. The molecule has 3 rings (SSSR count). The van der Waals surface area contributed by atoms with Crippen LogP contribution >= 0.6 is 0 Å². The molecule has 2 aromatic carbocycles. The Morgan fingerprint density at radius 3 is 2.71 bits per heavy atom. The fourth-order valence-electron chi connectivity index (χ4n) is 3.89. The van der Waals surface area contributed by atoms with E-state index in [9.17, 15) is 4.39 Å². The van der Waals surface area contributed by atoms with Crippen molar-refractivity contribution in [2.45, 2.75) is 19.4 Å². The normalized spacial score (nSPS) is 16.1. The van der Waals surface area contributed by atoms with Crippen LogP contribution < -0.4 is 15.4 Å². The van der Waals surface area contributed by atoms with Crippen LogP contribution in [0.3, 0.4) is 0 Å². The van der Waals surface area contributed by atoms with Crippen LogP contribution in [0.2, 0.25) is 0 Å². The van der Waals surface area contributed by atoms with E-state index >= 15 is 0 Å². The van der Waals surface area contributed by atoms with Crippen LogP contribution in [0, 0.1) is 12.7 Å². The number of ether oxygens (including phenoxy) is 2. The van der Waals surface area contributed by atoms with E-state index < -0.39 is 0 Å². The number of hydrogen-bond donors (Lipinski definition) is 2. The Morgan fingerprint density at radius 2 is 2.00 bits per heavy atom. The van der Waals surface area contributed by atoms with Crippen molar-refractivity contribution in [1.29, 1.82) is 0 Å². The third kappa shape index (κ3) is 6.67. The molecule has 1 saturated heterocycles. The molecule has 2 N–H and O–H groups in total. The van der Waals surface area contributed by atoms with Crippen LogP contribution in [-0.2, 0) is 11.2 Å². The predicted octanol–water partition coefficient (Wildman–Crippen LogP) is 2.92. The molecule has 7 heteroatoms. The lowest BCUT2D eigenvalue weighted by atomic mass is 10.0. The molecule has 1 unspecified atom stereocenters. The number of halogens is 1. The molecular weight excluding hydrogens is 395 g/mol. The molecule has 0 saturated carbocycles. The van der Waals surface area contributed by atoms with Crippen molar-refractivity contribution >= 4 is 5.96 Å². The summed E-state index contributed by atoms with van der Waals surface area (Å²) in [7, 11) is 3.45. The molecule has 0 aliphatic carbocycles. The summed E-state index contributed by atoms with van der Waals surface area (Å²) in [5.41, 5.74) is 3.33. The molecule has 1 fully saturated rings. The molecule has 1 heterocycles. The van der Waals surface area contributed by atoms with Gasteiger partial charge in [0.2, 0.25) is 0 Å². The van der Waals surface area contributed by atoms with Gasteiger partial charge < -0.3 is 20.1 Å². The summed E-state index contributed by atoms with van der Waals surface area (Å²) in [5, 5.41) is 6.79. The fourth-order valence-corrected chi connectivity index (χ4v) is 3.89. The van der Waals surface area contributed by atoms with Crippen LogP contribution in [0.4, 0.5) is 4.39 Å². The molecular formula is C24H33FN4O2. The Labute approximate surface area is 184 Å². The van der Waals surface area contributed by atoms with Crippen LogP contribution in [0.1, 0.15) is 22.7 Å². The van der Waals surface area contributed by atoms with Gasteiger partial charge in [-0.1, -0.05) is 29.8 Å². The number of nitrogens with zero attached hydrogens (tertiary/aromatic N) is 2. The molecule has 1 aliphatic rings. The molecule has 0 radical (unpaired) electrons. The minimum atomic E-state index is -0.217. The number of benzene rings is 2. The van der Waals surface area contributed by atoms with Crippen molar-refractivity contribution in [1.82, 2.24) is 15.5 Å². The molecule has 1 aliphatic heterocycles. The van der Waals surface area contributed by atoms with Crippen LogP contribution in [-0.4, -0.2) is 64.4 Å². The van der Waals surface area contributed by atoms with Crippen molar-refractivity contribution < 1.29 is 13.9 Å². The monoisotopic (exact) mass is 428 g/mol. The smallest absolute Gasteiger partial charge is 0.191 e. The highest BCUT2D eigenvalue weighted by atomic mass is 19.1. The van der Waals surface area contributed by atoms with E-state index in [-0.39, 0.29) is 11.9 Å². The molecule has 0 aromatic heterocycles. The Morgan fingerprint density at radius 1 is 1.19 bits per heavy atom. The Bertz CT molecular complexity index is 868. The molecule has 2 aromatic rings. The number of methoxy groups -OCH3 is 1. The number of nitrogens with one attached hydrogen (secondary N) is 2. The zero-order valence-electron chi connectivity index (χ0n) is 18.7. The van der Waals surface area contributed by atoms with Gasteiger partial charge in [-0.25, -0.2) is 4.39 Å².